The van der Waals surface area contributed by atoms with Gasteiger partial charge in [0.1, 0.15) is 0 Å². The van der Waals surface area contributed by atoms with Gasteiger partial charge in [-0.05, 0) is 48.9 Å². The fraction of sp³-hybridized carbons (Fsp3) is 0.235. The zero-order valence-corrected chi connectivity index (χ0v) is 10.8. The molecule has 0 unspecified atom stereocenters. The van der Waals surface area contributed by atoms with Gasteiger partial charge in [-0.15, -0.1) is 0 Å². The first-order valence-electron chi connectivity index (χ1n) is 6.97. The van der Waals surface area contributed by atoms with Crippen LogP contribution in [0.2, 0.25) is 0 Å². The molecule has 2 nitrogen and oxygen atoms in total. The predicted molar refractivity (Wildman–Crippen MR) is 78.2 cm³/mol. The standard InChI is InChI=1S/C17H16N2/c1-2-6-13-11-14(10-9-12(13)5-1)17-15-7-3-4-8-16(15)18-19-17/h3-4,7-11H,1-2,5-6H2,(H,18,19). The van der Waals surface area contributed by atoms with E-state index in [-0.39, 0.29) is 0 Å². The fourth-order valence-electron chi connectivity index (χ4n) is 3.06. The third-order valence-corrected chi connectivity index (χ3v) is 4.09. The van der Waals surface area contributed by atoms with Gasteiger partial charge in [0.25, 0.3) is 0 Å². The number of fused-ring (bicyclic) bond motifs is 2. The highest BCUT2D eigenvalue weighted by Gasteiger charge is 2.12. The van der Waals surface area contributed by atoms with E-state index in [1.807, 2.05) is 6.07 Å². The van der Waals surface area contributed by atoms with Crippen LogP contribution in [-0.4, -0.2) is 10.2 Å². The molecule has 3 aromatic rings. The summed E-state index contributed by atoms with van der Waals surface area (Å²) >= 11 is 0. The maximum atomic E-state index is 4.49. The van der Waals surface area contributed by atoms with Gasteiger partial charge in [0.05, 0.1) is 11.2 Å². The number of aryl methyl sites for hydroxylation is 2. The first-order chi connectivity index (χ1) is 9.42. The molecule has 1 aliphatic rings. The molecule has 1 heterocycles. The molecule has 0 aliphatic heterocycles. The van der Waals surface area contributed by atoms with Gasteiger partial charge in [-0.2, -0.15) is 5.10 Å². The number of nitrogens with zero attached hydrogens (tertiary/aromatic N) is 1. The molecule has 4 rings (SSSR count). The van der Waals surface area contributed by atoms with Crippen molar-refractivity contribution >= 4 is 10.9 Å². The van der Waals surface area contributed by atoms with Gasteiger partial charge in [0.15, 0.2) is 0 Å². The van der Waals surface area contributed by atoms with Gasteiger partial charge in [0, 0.05) is 10.9 Å². The zero-order valence-electron chi connectivity index (χ0n) is 10.8. The number of benzene rings is 2. The third-order valence-electron chi connectivity index (χ3n) is 4.09. The summed E-state index contributed by atoms with van der Waals surface area (Å²) in [4.78, 5) is 0. The van der Waals surface area contributed by atoms with E-state index in [2.05, 4.69) is 46.6 Å². The number of hydrogen-bond acceptors (Lipinski definition) is 1. The summed E-state index contributed by atoms with van der Waals surface area (Å²) in [5.74, 6) is 0. The van der Waals surface area contributed by atoms with E-state index in [4.69, 9.17) is 0 Å². The van der Waals surface area contributed by atoms with Gasteiger partial charge in [0.2, 0.25) is 0 Å². The van der Waals surface area contributed by atoms with E-state index < -0.39 is 0 Å². The number of H-pyrrole nitrogens is 1. The molecule has 0 radical (unpaired) electrons. The van der Waals surface area contributed by atoms with E-state index in [1.165, 1.54) is 47.8 Å². The molecule has 2 aromatic carbocycles. The molecule has 94 valence electrons. The molecule has 0 fully saturated rings. The van der Waals surface area contributed by atoms with E-state index in [1.54, 1.807) is 0 Å². The number of para-hydroxylation sites is 1. The van der Waals surface area contributed by atoms with Crippen molar-refractivity contribution in [2.75, 3.05) is 0 Å². The van der Waals surface area contributed by atoms with E-state index in [0.29, 0.717) is 0 Å². The first kappa shape index (κ1) is 10.8. The maximum Gasteiger partial charge on any atom is 0.0999 e. The summed E-state index contributed by atoms with van der Waals surface area (Å²) in [5, 5.41) is 8.81. The Hall–Kier alpha value is -2.09. The Morgan fingerprint density at radius 3 is 2.68 bits per heavy atom. The van der Waals surface area contributed by atoms with Gasteiger partial charge in [-0.25, -0.2) is 0 Å². The van der Waals surface area contributed by atoms with Crippen molar-refractivity contribution in [2.24, 2.45) is 0 Å². The minimum Gasteiger partial charge on any atom is -0.277 e. The van der Waals surface area contributed by atoms with Gasteiger partial charge in [-0.1, -0.05) is 30.3 Å². The number of aromatic amines is 1. The minimum atomic E-state index is 1.07. The lowest BCUT2D eigenvalue weighted by Crippen LogP contribution is -2.02. The van der Waals surface area contributed by atoms with Crippen LogP contribution in [0.1, 0.15) is 24.0 Å². The fourth-order valence-corrected chi connectivity index (χ4v) is 3.06. The van der Waals surface area contributed by atoms with Crippen molar-refractivity contribution in [3.05, 3.63) is 53.6 Å². The Morgan fingerprint density at radius 1 is 0.895 bits per heavy atom. The molecular weight excluding hydrogens is 232 g/mol. The van der Waals surface area contributed by atoms with Gasteiger partial charge in [-0.3, -0.25) is 5.10 Å². The molecule has 0 saturated heterocycles. The number of aromatic nitrogens is 2. The van der Waals surface area contributed by atoms with Crippen molar-refractivity contribution in [2.45, 2.75) is 25.7 Å². The number of rotatable bonds is 1. The van der Waals surface area contributed by atoms with Crippen LogP contribution in [0.3, 0.4) is 0 Å². The normalized spacial score (nSPS) is 14.5. The smallest absolute Gasteiger partial charge is 0.0999 e. The molecule has 0 amide bonds. The predicted octanol–water partition coefficient (Wildman–Crippen LogP) is 4.11. The second-order valence-corrected chi connectivity index (χ2v) is 5.31. The van der Waals surface area contributed by atoms with Crippen molar-refractivity contribution in [3.63, 3.8) is 0 Å². The first-order valence-corrected chi connectivity index (χ1v) is 6.97. The van der Waals surface area contributed by atoms with Crippen molar-refractivity contribution < 1.29 is 0 Å². The maximum absolute atomic E-state index is 4.49. The van der Waals surface area contributed by atoms with Crippen molar-refractivity contribution in [1.82, 2.24) is 10.2 Å². The highest BCUT2D eigenvalue weighted by atomic mass is 15.1. The third kappa shape index (κ3) is 1.75. The van der Waals surface area contributed by atoms with Crippen LogP contribution >= 0.6 is 0 Å². The molecule has 0 bridgehead atoms. The van der Waals surface area contributed by atoms with Crippen molar-refractivity contribution in [3.8, 4) is 11.3 Å². The summed E-state index contributed by atoms with van der Waals surface area (Å²) in [7, 11) is 0. The second-order valence-electron chi connectivity index (χ2n) is 5.31. The summed E-state index contributed by atoms with van der Waals surface area (Å²) in [5.41, 5.74) is 6.45. The molecule has 1 N–H and O–H groups in total. The van der Waals surface area contributed by atoms with Crippen molar-refractivity contribution in [1.29, 1.82) is 0 Å². The lowest BCUT2D eigenvalue weighted by molar-refractivity contribution is 0.686. The van der Waals surface area contributed by atoms with E-state index in [9.17, 15) is 0 Å². The monoisotopic (exact) mass is 248 g/mol. The summed E-state index contributed by atoms with van der Waals surface area (Å²) in [6.45, 7) is 0. The molecule has 1 aliphatic carbocycles. The van der Waals surface area contributed by atoms with Crippen LogP contribution in [0.4, 0.5) is 0 Å². The number of hydrogen-bond donors (Lipinski definition) is 1. The van der Waals surface area contributed by atoms with Crippen LogP contribution in [-0.2, 0) is 12.8 Å². The van der Waals surface area contributed by atoms with Crippen LogP contribution in [0, 0.1) is 0 Å². The Bertz CT molecular complexity index is 740. The Kier molecular flexibility index (Phi) is 2.41. The zero-order chi connectivity index (χ0) is 12.7. The minimum absolute atomic E-state index is 1.07. The SMILES string of the molecule is c1ccc2c(-c3ccc4c(c3)CCCC4)n[nH]c2c1. The topological polar surface area (TPSA) is 28.7 Å². The van der Waals surface area contributed by atoms with Crippen LogP contribution in [0.5, 0.6) is 0 Å². The lowest BCUT2D eigenvalue weighted by atomic mass is 9.89. The molecule has 1 aromatic heterocycles. The van der Waals surface area contributed by atoms with Crippen LogP contribution in [0.15, 0.2) is 42.5 Å². The molecule has 0 spiro atoms. The molecule has 0 atom stereocenters. The highest BCUT2D eigenvalue weighted by molar-refractivity contribution is 5.92. The van der Waals surface area contributed by atoms with E-state index >= 15 is 0 Å². The Labute approximate surface area is 112 Å². The average molecular weight is 248 g/mol. The van der Waals surface area contributed by atoms with Gasteiger partial charge >= 0.3 is 0 Å². The molecule has 2 heteroatoms. The average Bonchev–Trinajstić information content (AvgIpc) is 2.91. The largest absolute Gasteiger partial charge is 0.277 e. The van der Waals surface area contributed by atoms with Crippen LogP contribution < -0.4 is 0 Å². The molecule has 0 saturated carbocycles. The second kappa shape index (κ2) is 4.23. The highest BCUT2D eigenvalue weighted by Crippen LogP contribution is 2.30. The van der Waals surface area contributed by atoms with Crippen LogP contribution in [0.25, 0.3) is 22.2 Å². The lowest BCUT2D eigenvalue weighted by Gasteiger charge is -2.16. The van der Waals surface area contributed by atoms with Gasteiger partial charge < -0.3 is 0 Å². The molecule has 19 heavy (non-hydrogen) atoms. The van der Waals surface area contributed by atoms with E-state index in [0.717, 1.165) is 11.2 Å². The quantitative estimate of drug-likeness (QED) is 0.689. The molecular formula is C17H16N2. The summed E-state index contributed by atoms with van der Waals surface area (Å²) < 4.78 is 0. The Balaban J connectivity index is 1.88. The summed E-state index contributed by atoms with van der Waals surface area (Å²) in [6.07, 6.45) is 5.10. The Morgan fingerprint density at radius 2 is 1.74 bits per heavy atom. The number of nitrogens with one attached hydrogen (secondary N) is 1. The summed E-state index contributed by atoms with van der Waals surface area (Å²) in [6, 6.07) is 15.1.